The first-order chi connectivity index (χ1) is 18.5. The number of hydrogen-bond acceptors (Lipinski definition) is 6. The van der Waals surface area contributed by atoms with E-state index in [9.17, 15) is 0 Å². The monoisotopic (exact) mass is 500 g/mol. The van der Waals surface area contributed by atoms with Gasteiger partial charge in [-0.2, -0.15) is 0 Å². The molecule has 8 N–H and O–H groups in total. The SMILES string of the molecule is Nc1ccccc1N(Cc1cccc(CN(c2ccccc2N)c2ccccc2N)c1)c1ccccc1N. The van der Waals surface area contributed by atoms with Gasteiger partial charge in [0.15, 0.2) is 0 Å². The molecule has 0 heterocycles. The van der Waals surface area contributed by atoms with Gasteiger partial charge in [0.25, 0.3) is 0 Å². The summed E-state index contributed by atoms with van der Waals surface area (Å²) in [6.07, 6.45) is 0. The normalized spacial score (nSPS) is 10.7. The van der Waals surface area contributed by atoms with Crippen molar-refractivity contribution < 1.29 is 0 Å². The Morgan fingerprint density at radius 2 is 0.658 bits per heavy atom. The number of benzene rings is 5. The Kier molecular flexibility index (Phi) is 7.04. The van der Waals surface area contributed by atoms with Gasteiger partial charge < -0.3 is 32.7 Å². The second-order valence-electron chi connectivity index (χ2n) is 9.23. The van der Waals surface area contributed by atoms with Crippen molar-refractivity contribution in [1.29, 1.82) is 0 Å². The van der Waals surface area contributed by atoms with E-state index in [4.69, 9.17) is 22.9 Å². The molecular formula is C32H32N6. The zero-order valence-corrected chi connectivity index (χ0v) is 21.2. The van der Waals surface area contributed by atoms with Gasteiger partial charge in [0, 0.05) is 13.1 Å². The maximum Gasteiger partial charge on any atom is 0.0648 e. The summed E-state index contributed by atoms with van der Waals surface area (Å²) in [5.74, 6) is 0. The van der Waals surface area contributed by atoms with Crippen LogP contribution in [0.25, 0.3) is 0 Å². The Labute approximate surface area is 223 Å². The van der Waals surface area contributed by atoms with E-state index in [1.807, 2.05) is 97.1 Å². The highest BCUT2D eigenvalue weighted by molar-refractivity contribution is 5.82. The van der Waals surface area contributed by atoms with E-state index in [-0.39, 0.29) is 0 Å². The first kappa shape index (κ1) is 24.6. The maximum absolute atomic E-state index is 6.40. The lowest BCUT2D eigenvalue weighted by Gasteiger charge is -2.29. The molecule has 0 saturated carbocycles. The number of anilines is 8. The first-order valence-corrected chi connectivity index (χ1v) is 12.5. The third-order valence-electron chi connectivity index (χ3n) is 6.58. The average Bonchev–Trinajstić information content (AvgIpc) is 2.93. The van der Waals surface area contributed by atoms with Gasteiger partial charge in [-0.25, -0.2) is 0 Å². The zero-order valence-electron chi connectivity index (χ0n) is 21.2. The molecular weight excluding hydrogens is 468 g/mol. The molecule has 5 aromatic rings. The lowest BCUT2D eigenvalue weighted by atomic mass is 10.1. The molecule has 5 aromatic carbocycles. The van der Waals surface area contributed by atoms with E-state index in [2.05, 4.69) is 34.1 Å². The van der Waals surface area contributed by atoms with Gasteiger partial charge in [0.2, 0.25) is 0 Å². The molecule has 0 aliphatic rings. The highest BCUT2D eigenvalue weighted by atomic mass is 15.2. The van der Waals surface area contributed by atoms with Crippen molar-refractivity contribution in [3.05, 3.63) is 132 Å². The van der Waals surface area contributed by atoms with Gasteiger partial charge in [-0.05, 0) is 59.7 Å². The summed E-state index contributed by atoms with van der Waals surface area (Å²) in [6.45, 7) is 1.19. The summed E-state index contributed by atoms with van der Waals surface area (Å²) in [7, 11) is 0. The molecule has 5 rings (SSSR count). The Balaban J connectivity index is 1.51. The fourth-order valence-electron chi connectivity index (χ4n) is 4.73. The van der Waals surface area contributed by atoms with Gasteiger partial charge in [-0.1, -0.05) is 72.8 Å². The smallest absolute Gasteiger partial charge is 0.0648 e. The van der Waals surface area contributed by atoms with Crippen molar-refractivity contribution in [2.45, 2.75) is 13.1 Å². The van der Waals surface area contributed by atoms with Gasteiger partial charge in [0.1, 0.15) is 0 Å². The standard InChI is InChI=1S/C32H32N6/c33-25-12-1-5-16-29(25)37(30-17-6-2-13-26(30)34)21-23-10-9-11-24(20-23)22-38(31-18-7-3-14-27(31)35)32-19-8-4-15-28(32)36/h1-20H,21-22,33-36H2. The number of para-hydroxylation sites is 8. The Hall–Kier alpha value is -5.10. The van der Waals surface area contributed by atoms with Crippen molar-refractivity contribution in [3.8, 4) is 0 Å². The van der Waals surface area contributed by atoms with Gasteiger partial charge in [-0.3, -0.25) is 0 Å². The molecule has 0 atom stereocenters. The minimum atomic E-state index is 0.594. The predicted molar refractivity (Wildman–Crippen MR) is 162 cm³/mol. The van der Waals surface area contributed by atoms with E-state index in [0.717, 1.165) is 33.9 Å². The summed E-state index contributed by atoms with van der Waals surface area (Å²) < 4.78 is 0. The van der Waals surface area contributed by atoms with E-state index in [1.165, 1.54) is 0 Å². The summed E-state index contributed by atoms with van der Waals surface area (Å²) in [5.41, 5.74) is 34.3. The number of hydrogen-bond donors (Lipinski definition) is 4. The van der Waals surface area contributed by atoms with Gasteiger partial charge in [-0.15, -0.1) is 0 Å². The topological polar surface area (TPSA) is 111 Å². The van der Waals surface area contributed by atoms with Crippen LogP contribution in [-0.4, -0.2) is 0 Å². The molecule has 0 aliphatic heterocycles. The molecule has 0 bridgehead atoms. The van der Waals surface area contributed by atoms with Crippen LogP contribution in [0.4, 0.5) is 45.5 Å². The first-order valence-electron chi connectivity index (χ1n) is 12.5. The molecule has 0 radical (unpaired) electrons. The van der Waals surface area contributed by atoms with E-state index < -0.39 is 0 Å². The Bertz CT molecular complexity index is 1340. The lowest BCUT2D eigenvalue weighted by Crippen LogP contribution is -2.20. The summed E-state index contributed by atoms with van der Waals surface area (Å²) >= 11 is 0. The van der Waals surface area contributed by atoms with Crippen LogP contribution >= 0.6 is 0 Å². The minimum Gasteiger partial charge on any atom is -0.397 e. The highest BCUT2D eigenvalue weighted by Crippen LogP contribution is 2.37. The molecule has 0 fully saturated rings. The van der Waals surface area contributed by atoms with E-state index in [0.29, 0.717) is 35.8 Å². The molecule has 0 aliphatic carbocycles. The molecule has 6 heteroatoms. The second-order valence-corrected chi connectivity index (χ2v) is 9.23. The fourth-order valence-corrected chi connectivity index (χ4v) is 4.73. The molecule has 6 nitrogen and oxygen atoms in total. The van der Waals surface area contributed by atoms with Crippen LogP contribution in [0.1, 0.15) is 11.1 Å². The Morgan fingerprint density at radius 1 is 0.368 bits per heavy atom. The number of rotatable bonds is 8. The lowest BCUT2D eigenvalue weighted by molar-refractivity contribution is 0.948. The largest absolute Gasteiger partial charge is 0.397 e. The van der Waals surface area contributed by atoms with E-state index in [1.54, 1.807) is 0 Å². The fraction of sp³-hybridized carbons (Fsp3) is 0.0625. The zero-order chi connectivity index (χ0) is 26.5. The summed E-state index contributed by atoms with van der Waals surface area (Å²) in [6, 6.07) is 39.9. The van der Waals surface area contributed by atoms with Crippen molar-refractivity contribution in [2.24, 2.45) is 0 Å². The van der Waals surface area contributed by atoms with Crippen LogP contribution < -0.4 is 32.7 Å². The molecule has 0 unspecified atom stereocenters. The number of nitrogen functional groups attached to an aromatic ring is 4. The third kappa shape index (κ3) is 5.20. The van der Waals surface area contributed by atoms with Crippen LogP contribution in [0, 0.1) is 0 Å². The van der Waals surface area contributed by atoms with Crippen LogP contribution in [-0.2, 0) is 13.1 Å². The average molecular weight is 501 g/mol. The van der Waals surface area contributed by atoms with Crippen molar-refractivity contribution in [3.63, 3.8) is 0 Å². The quantitative estimate of drug-likeness (QED) is 0.177. The van der Waals surface area contributed by atoms with Crippen LogP contribution in [0.15, 0.2) is 121 Å². The van der Waals surface area contributed by atoms with Crippen LogP contribution in [0.5, 0.6) is 0 Å². The van der Waals surface area contributed by atoms with Crippen LogP contribution in [0.3, 0.4) is 0 Å². The molecule has 0 spiro atoms. The molecule has 0 amide bonds. The second kappa shape index (κ2) is 10.9. The molecule has 190 valence electrons. The number of nitrogens with zero attached hydrogens (tertiary/aromatic N) is 2. The highest BCUT2D eigenvalue weighted by Gasteiger charge is 2.18. The molecule has 0 saturated heterocycles. The predicted octanol–water partition coefficient (Wildman–Crippen LogP) is 6.69. The van der Waals surface area contributed by atoms with Crippen LogP contribution in [0.2, 0.25) is 0 Å². The van der Waals surface area contributed by atoms with Gasteiger partial charge >= 0.3 is 0 Å². The summed E-state index contributed by atoms with van der Waals surface area (Å²) in [5, 5.41) is 0. The Morgan fingerprint density at radius 3 is 0.947 bits per heavy atom. The van der Waals surface area contributed by atoms with Gasteiger partial charge in [0.05, 0.1) is 45.5 Å². The van der Waals surface area contributed by atoms with Crippen molar-refractivity contribution in [2.75, 3.05) is 32.7 Å². The molecule has 38 heavy (non-hydrogen) atoms. The minimum absolute atomic E-state index is 0.594. The number of nitrogens with two attached hydrogens (primary N) is 4. The maximum atomic E-state index is 6.40. The molecule has 0 aromatic heterocycles. The summed E-state index contributed by atoms with van der Waals surface area (Å²) in [4.78, 5) is 4.32. The van der Waals surface area contributed by atoms with E-state index >= 15 is 0 Å². The third-order valence-corrected chi connectivity index (χ3v) is 6.58. The van der Waals surface area contributed by atoms with Crippen molar-refractivity contribution >= 4 is 45.5 Å². The van der Waals surface area contributed by atoms with Crippen molar-refractivity contribution in [1.82, 2.24) is 0 Å².